The van der Waals surface area contributed by atoms with Gasteiger partial charge >= 0.3 is 11.9 Å². The number of alkyl halides is 3. The third-order valence-corrected chi connectivity index (χ3v) is 5.28. The summed E-state index contributed by atoms with van der Waals surface area (Å²) < 4.78 is 71.6. The smallest absolute Gasteiger partial charge is 0.408 e. The minimum Gasteiger partial charge on any atom is -0.408 e. The molecule has 0 aliphatic heterocycles. The topological polar surface area (TPSA) is 64.2 Å². The Labute approximate surface area is 189 Å². The van der Waals surface area contributed by atoms with Gasteiger partial charge in [-0.1, -0.05) is 18.2 Å². The normalized spacial score (nSPS) is 11.7. The van der Waals surface area contributed by atoms with Crippen LogP contribution in [0.5, 0.6) is 0 Å². The first-order chi connectivity index (χ1) is 16.0. The molecule has 0 saturated heterocycles. The van der Waals surface area contributed by atoms with Crippen molar-refractivity contribution in [2.24, 2.45) is 0 Å². The lowest BCUT2D eigenvalue weighted by Crippen LogP contribution is -2.19. The second kappa shape index (κ2) is 8.77. The van der Waals surface area contributed by atoms with Gasteiger partial charge in [0.1, 0.15) is 17.2 Å². The van der Waals surface area contributed by atoms with E-state index < -0.39 is 48.0 Å². The van der Waals surface area contributed by atoms with Crippen LogP contribution < -0.4 is 11.1 Å². The largest absolute Gasteiger partial charge is 0.419 e. The first-order valence-electron chi connectivity index (χ1n) is 10.1. The molecule has 4 aromatic rings. The third kappa shape index (κ3) is 4.70. The summed E-state index contributed by atoms with van der Waals surface area (Å²) in [5.74, 6) is -3.81. The van der Waals surface area contributed by atoms with Gasteiger partial charge in [0.2, 0.25) is 0 Å². The summed E-state index contributed by atoms with van der Waals surface area (Å²) in [7, 11) is 0. The van der Waals surface area contributed by atoms with E-state index in [1.54, 1.807) is 31.2 Å². The summed E-state index contributed by atoms with van der Waals surface area (Å²) in [6.07, 6.45) is -5.61. The number of benzene rings is 3. The van der Waals surface area contributed by atoms with Gasteiger partial charge in [0, 0.05) is 12.2 Å². The zero-order chi connectivity index (χ0) is 24.6. The zero-order valence-electron chi connectivity index (χ0n) is 17.7. The number of rotatable bonds is 5. The fraction of sp³-hybridized carbons (Fsp3) is 0.167. The van der Waals surface area contributed by atoms with Crippen molar-refractivity contribution in [3.8, 4) is 11.1 Å². The summed E-state index contributed by atoms with van der Waals surface area (Å²) >= 11 is 0. The molecule has 0 bridgehead atoms. The molecule has 10 heteroatoms. The Morgan fingerprint density at radius 3 is 2.29 bits per heavy atom. The number of carbonyl (C=O) groups is 1. The Bertz CT molecular complexity index is 1420. The van der Waals surface area contributed by atoms with E-state index in [2.05, 4.69) is 5.32 Å². The number of halogens is 5. The summed E-state index contributed by atoms with van der Waals surface area (Å²) in [6, 6.07) is 12.5. The van der Waals surface area contributed by atoms with E-state index in [0.29, 0.717) is 16.7 Å². The first-order valence-corrected chi connectivity index (χ1v) is 10.1. The number of aryl methyl sites for hydroxylation is 2. The highest BCUT2D eigenvalue weighted by Crippen LogP contribution is 2.30. The fourth-order valence-electron chi connectivity index (χ4n) is 3.61. The number of hydrogen-bond acceptors (Lipinski definition) is 3. The standard InChI is InChI=1S/C24H17F5N2O3/c1-13-11-20-19(31(23(33)34-20)10-9-24(27,28)29)12-16(13)14-5-7-15(8-6-14)30-22(32)21-17(25)3-2-4-18(21)26/h2-8,11-12H,9-10H2,1H3,(H,30,32). The van der Waals surface area contributed by atoms with Gasteiger partial charge in [-0.15, -0.1) is 0 Å². The van der Waals surface area contributed by atoms with Crippen LogP contribution in [0, 0.1) is 18.6 Å². The molecule has 0 fully saturated rings. The van der Waals surface area contributed by atoms with Crippen molar-refractivity contribution in [2.75, 3.05) is 5.32 Å². The highest BCUT2D eigenvalue weighted by molar-refractivity contribution is 6.04. The van der Waals surface area contributed by atoms with Crippen LogP contribution in [0.25, 0.3) is 22.2 Å². The maximum atomic E-state index is 13.8. The zero-order valence-corrected chi connectivity index (χ0v) is 17.7. The number of fused-ring (bicyclic) bond motifs is 1. The monoisotopic (exact) mass is 476 g/mol. The fourth-order valence-corrected chi connectivity index (χ4v) is 3.61. The van der Waals surface area contributed by atoms with Crippen LogP contribution >= 0.6 is 0 Å². The highest BCUT2D eigenvalue weighted by atomic mass is 19.4. The van der Waals surface area contributed by atoms with E-state index in [1.807, 2.05) is 0 Å². The third-order valence-electron chi connectivity index (χ3n) is 5.28. The lowest BCUT2D eigenvalue weighted by Gasteiger charge is -2.11. The molecule has 0 unspecified atom stereocenters. The van der Waals surface area contributed by atoms with Gasteiger partial charge in [0.15, 0.2) is 5.58 Å². The number of aromatic nitrogens is 1. The van der Waals surface area contributed by atoms with Crippen molar-refractivity contribution in [1.29, 1.82) is 0 Å². The van der Waals surface area contributed by atoms with Crippen LogP contribution in [0.3, 0.4) is 0 Å². The molecule has 0 spiro atoms. The average Bonchev–Trinajstić information content (AvgIpc) is 3.05. The van der Waals surface area contributed by atoms with Crippen LogP contribution in [0.2, 0.25) is 0 Å². The van der Waals surface area contributed by atoms with Crippen LogP contribution in [0.1, 0.15) is 22.3 Å². The summed E-state index contributed by atoms with van der Waals surface area (Å²) in [5.41, 5.74) is 1.95. The predicted octanol–water partition coefficient (Wildman–Crippen LogP) is 6.05. The minimum atomic E-state index is -4.43. The van der Waals surface area contributed by atoms with E-state index >= 15 is 0 Å². The van der Waals surface area contributed by atoms with Gasteiger partial charge in [0.05, 0.1) is 11.9 Å². The maximum absolute atomic E-state index is 13.8. The Hall–Kier alpha value is -3.95. The SMILES string of the molecule is Cc1cc2oc(=O)n(CCC(F)(F)F)c2cc1-c1ccc(NC(=O)c2c(F)cccc2F)cc1. The number of oxazole rings is 1. The molecular formula is C24H17F5N2O3. The molecule has 0 atom stereocenters. The number of carbonyl (C=O) groups excluding carboxylic acids is 1. The van der Waals surface area contributed by atoms with Crippen LogP contribution in [-0.2, 0) is 6.54 Å². The van der Waals surface area contributed by atoms with Gasteiger partial charge in [-0.3, -0.25) is 9.36 Å². The van der Waals surface area contributed by atoms with Crippen molar-refractivity contribution in [3.05, 3.63) is 87.9 Å². The predicted molar refractivity (Wildman–Crippen MR) is 116 cm³/mol. The number of amides is 1. The molecule has 5 nitrogen and oxygen atoms in total. The van der Waals surface area contributed by atoms with E-state index in [4.69, 9.17) is 4.42 Å². The molecule has 34 heavy (non-hydrogen) atoms. The molecule has 1 N–H and O–H groups in total. The summed E-state index contributed by atoms with van der Waals surface area (Å²) in [6.45, 7) is 1.17. The van der Waals surface area contributed by atoms with E-state index in [0.717, 1.165) is 22.8 Å². The van der Waals surface area contributed by atoms with Crippen LogP contribution in [0.4, 0.5) is 27.6 Å². The second-order valence-electron chi connectivity index (χ2n) is 7.65. The molecule has 0 aliphatic rings. The van der Waals surface area contributed by atoms with Gasteiger partial charge in [-0.25, -0.2) is 13.6 Å². The van der Waals surface area contributed by atoms with Gasteiger partial charge in [0.25, 0.3) is 5.91 Å². The lowest BCUT2D eigenvalue weighted by molar-refractivity contribution is -0.136. The van der Waals surface area contributed by atoms with E-state index in [9.17, 15) is 31.5 Å². The molecule has 1 aromatic heterocycles. The van der Waals surface area contributed by atoms with Gasteiger partial charge < -0.3 is 9.73 Å². The molecule has 3 aromatic carbocycles. The quantitative estimate of drug-likeness (QED) is 0.357. The Morgan fingerprint density at radius 1 is 1.03 bits per heavy atom. The molecule has 0 aliphatic carbocycles. The van der Waals surface area contributed by atoms with Crippen LogP contribution in [0.15, 0.2) is 63.8 Å². The van der Waals surface area contributed by atoms with Crippen molar-refractivity contribution in [2.45, 2.75) is 26.1 Å². The number of anilines is 1. The summed E-state index contributed by atoms with van der Waals surface area (Å²) in [5, 5.41) is 2.42. The first kappa shape index (κ1) is 23.2. The molecule has 4 rings (SSSR count). The lowest BCUT2D eigenvalue weighted by atomic mass is 9.99. The van der Waals surface area contributed by atoms with Crippen molar-refractivity contribution in [1.82, 2.24) is 4.57 Å². The molecule has 1 amide bonds. The minimum absolute atomic E-state index is 0.171. The maximum Gasteiger partial charge on any atom is 0.419 e. The molecular weight excluding hydrogens is 459 g/mol. The molecule has 0 saturated carbocycles. The number of nitrogens with one attached hydrogen (secondary N) is 1. The molecule has 1 heterocycles. The number of nitrogens with zero attached hydrogens (tertiary/aromatic N) is 1. The number of hydrogen-bond donors (Lipinski definition) is 1. The van der Waals surface area contributed by atoms with Gasteiger partial charge in [-0.2, -0.15) is 13.2 Å². The average molecular weight is 476 g/mol. The van der Waals surface area contributed by atoms with E-state index in [-0.39, 0.29) is 16.8 Å². The molecule has 176 valence electrons. The summed E-state index contributed by atoms with van der Waals surface area (Å²) in [4.78, 5) is 24.3. The van der Waals surface area contributed by atoms with E-state index in [1.165, 1.54) is 12.1 Å². The van der Waals surface area contributed by atoms with Gasteiger partial charge in [-0.05, 0) is 60.0 Å². The van der Waals surface area contributed by atoms with Crippen molar-refractivity contribution < 1.29 is 31.2 Å². The Morgan fingerprint density at radius 2 is 1.68 bits per heavy atom. The Balaban J connectivity index is 1.62. The highest BCUT2D eigenvalue weighted by Gasteiger charge is 2.28. The second-order valence-corrected chi connectivity index (χ2v) is 7.65. The van der Waals surface area contributed by atoms with Crippen molar-refractivity contribution in [3.63, 3.8) is 0 Å². The van der Waals surface area contributed by atoms with Crippen LogP contribution in [-0.4, -0.2) is 16.7 Å². The van der Waals surface area contributed by atoms with Crippen molar-refractivity contribution >= 4 is 22.7 Å². The Kier molecular flexibility index (Phi) is 5.99. The molecule has 0 radical (unpaired) electrons.